The summed E-state index contributed by atoms with van der Waals surface area (Å²) in [6.07, 6.45) is -2.49. The van der Waals surface area contributed by atoms with Crippen LogP contribution in [0.25, 0.3) is 11.1 Å². The molecule has 2 aromatic rings. The van der Waals surface area contributed by atoms with Crippen LogP contribution >= 0.6 is 0 Å². The molecule has 1 aliphatic rings. The van der Waals surface area contributed by atoms with Gasteiger partial charge < -0.3 is 30.5 Å². The highest BCUT2D eigenvalue weighted by molar-refractivity contribution is 5.86. The predicted molar refractivity (Wildman–Crippen MR) is 117 cm³/mol. The van der Waals surface area contributed by atoms with Crippen LogP contribution in [0.3, 0.4) is 0 Å². The Morgan fingerprint density at radius 3 is 2.12 bits per heavy atom. The van der Waals surface area contributed by atoms with Crippen LogP contribution in [-0.4, -0.2) is 79.0 Å². The molecule has 1 unspecified atom stereocenters. The largest absolute Gasteiger partial charge is 0.479 e. The second kappa shape index (κ2) is 10.3. The third-order valence-electron chi connectivity index (χ3n) is 5.25. The fourth-order valence-electron chi connectivity index (χ4n) is 3.75. The van der Waals surface area contributed by atoms with E-state index in [1.54, 1.807) is 19.0 Å². The summed E-state index contributed by atoms with van der Waals surface area (Å²) in [4.78, 5) is 37.3. The van der Waals surface area contributed by atoms with E-state index in [2.05, 4.69) is 10.6 Å². The lowest BCUT2D eigenvalue weighted by molar-refractivity contribution is -0.146. The molecule has 32 heavy (non-hydrogen) atoms. The Morgan fingerprint density at radius 2 is 1.59 bits per heavy atom. The van der Waals surface area contributed by atoms with E-state index < -0.39 is 36.7 Å². The number of carbonyl (C=O) groups is 3. The van der Waals surface area contributed by atoms with E-state index in [9.17, 15) is 19.5 Å². The Hall–Kier alpha value is -3.43. The standard InChI is InChI=1S/C23H27N3O6/c1-26(2)12-19(21(28)24-11-20(27)22(29)30)25-23(31)32-13-18-16-9-5-3-7-14(16)15-8-4-6-10-17(15)18/h3-10,18-20,27H,11-13H2,1-2H3,(H,24,28)(H,25,31)(H,29,30)/t19-,20?/m0/s1. The molecule has 0 fully saturated rings. The van der Waals surface area contributed by atoms with Gasteiger partial charge >= 0.3 is 12.1 Å². The van der Waals surface area contributed by atoms with Crippen LogP contribution < -0.4 is 10.6 Å². The fraction of sp³-hybridized carbons (Fsp3) is 0.348. The zero-order chi connectivity index (χ0) is 23.3. The highest BCUT2D eigenvalue weighted by atomic mass is 16.5. The zero-order valence-electron chi connectivity index (χ0n) is 17.9. The minimum Gasteiger partial charge on any atom is -0.479 e. The summed E-state index contributed by atoms with van der Waals surface area (Å²) in [5, 5.41) is 22.9. The van der Waals surface area contributed by atoms with Gasteiger partial charge in [0.1, 0.15) is 12.6 Å². The van der Waals surface area contributed by atoms with Crippen molar-refractivity contribution in [3.63, 3.8) is 0 Å². The van der Waals surface area contributed by atoms with Crippen molar-refractivity contribution in [2.45, 2.75) is 18.1 Å². The lowest BCUT2D eigenvalue weighted by Gasteiger charge is -2.22. The molecule has 2 aromatic carbocycles. The van der Waals surface area contributed by atoms with Crippen molar-refractivity contribution in [3.05, 3.63) is 59.7 Å². The van der Waals surface area contributed by atoms with Crippen molar-refractivity contribution in [3.8, 4) is 11.1 Å². The van der Waals surface area contributed by atoms with Crippen LogP contribution in [0.4, 0.5) is 4.79 Å². The molecule has 9 heteroatoms. The van der Waals surface area contributed by atoms with Crippen LogP contribution in [0.1, 0.15) is 17.0 Å². The molecule has 170 valence electrons. The number of likely N-dealkylation sites (N-methyl/N-ethyl adjacent to an activating group) is 1. The molecule has 0 radical (unpaired) electrons. The number of fused-ring (bicyclic) bond motifs is 3. The third-order valence-corrected chi connectivity index (χ3v) is 5.25. The van der Waals surface area contributed by atoms with E-state index in [4.69, 9.17) is 9.84 Å². The van der Waals surface area contributed by atoms with Gasteiger partial charge in [-0.3, -0.25) is 4.79 Å². The van der Waals surface area contributed by atoms with Gasteiger partial charge in [0, 0.05) is 12.5 Å². The first kappa shape index (κ1) is 23.2. The van der Waals surface area contributed by atoms with Crippen LogP contribution in [-0.2, 0) is 14.3 Å². The molecule has 2 atom stereocenters. The number of hydrogen-bond donors (Lipinski definition) is 4. The SMILES string of the molecule is CN(C)C[C@H](NC(=O)OCC1c2ccccc2-c2ccccc21)C(=O)NCC(O)C(=O)O. The summed E-state index contributed by atoms with van der Waals surface area (Å²) >= 11 is 0. The van der Waals surface area contributed by atoms with Crippen molar-refractivity contribution >= 4 is 18.0 Å². The summed E-state index contributed by atoms with van der Waals surface area (Å²) in [6.45, 7) is -0.197. The maximum Gasteiger partial charge on any atom is 0.407 e. The first-order chi connectivity index (χ1) is 15.3. The van der Waals surface area contributed by atoms with Gasteiger partial charge in [-0.15, -0.1) is 0 Å². The normalized spacial score (nSPS) is 14.2. The molecule has 0 aromatic heterocycles. The van der Waals surface area contributed by atoms with E-state index in [1.807, 2.05) is 48.5 Å². The third kappa shape index (κ3) is 5.43. The number of amides is 2. The van der Waals surface area contributed by atoms with Gasteiger partial charge in [0.05, 0.1) is 6.54 Å². The fourth-order valence-corrected chi connectivity index (χ4v) is 3.75. The Morgan fingerprint density at radius 1 is 1.03 bits per heavy atom. The molecule has 0 bridgehead atoms. The molecule has 3 rings (SSSR count). The number of nitrogens with zero attached hydrogens (tertiary/aromatic N) is 1. The van der Waals surface area contributed by atoms with E-state index >= 15 is 0 Å². The Labute approximate surface area is 186 Å². The van der Waals surface area contributed by atoms with E-state index in [1.165, 1.54) is 0 Å². The van der Waals surface area contributed by atoms with Gasteiger partial charge in [0.2, 0.25) is 5.91 Å². The monoisotopic (exact) mass is 441 g/mol. The Kier molecular flexibility index (Phi) is 7.45. The van der Waals surface area contributed by atoms with Crippen LogP contribution in [0.2, 0.25) is 0 Å². The molecule has 0 saturated heterocycles. The molecule has 9 nitrogen and oxygen atoms in total. The lowest BCUT2D eigenvalue weighted by Crippen LogP contribution is -2.53. The molecule has 4 N–H and O–H groups in total. The average Bonchev–Trinajstić information content (AvgIpc) is 3.08. The quantitative estimate of drug-likeness (QED) is 0.457. The molecular weight excluding hydrogens is 414 g/mol. The summed E-state index contributed by atoms with van der Waals surface area (Å²) in [6, 6.07) is 14.9. The van der Waals surface area contributed by atoms with E-state index in [0.29, 0.717) is 0 Å². The maximum absolute atomic E-state index is 12.5. The Balaban J connectivity index is 1.63. The molecule has 0 saturated carbocycles. The molecule has 0 aliphatic heterocycles. The van der Waals surface area contributed by atoms with Crippen molar-refractivity contribution < 1.29 is 29.3 Å². The smallest absolute Gasteiger partial charge is 0.407 e. The van der Waals surface area contributed by atoms with Crippen molar-refractivity contribution in [2.24, 2.45) is 0 Å². The number of ether oxygens (including phenoxy) is 1. The van der Waals surface area contributed by atoms with E-state index in [0.717, 1.165) is 22.3 Å². The summed E-state index contributed by atoms with van der Waals surface area (Å²) in [7, 11) is 3.46. The number of aliphatic hydroxyl groups excluding tert-OH is 1. The average molecular weight is 441 g/mol. The van der Waals surface area contributed by atoms with Crippen molar-refractivity contribution in [2.75, 3.05) is 33.8 Å². The van der Waals surface area contributed by atoms with Crippen LogP contribution in [0, 0.1) is 0 Å². The van der Waals surface area contributed by atoms with Gasteiger partial charge in [0.25, 0.3) is 0 Å². The molecule has 0 heterocycles. The van der Waals surface area contributed by atoms with E-state index in [-0.39, 0.29) is 19.1 Å². The lowest BCUT2D eigenvalue weighted by atomic mass is 9.98. The number of carboxylic acids is 1. The van der Waals surface area contributed by atoms with Gasteiger partial charge in [-0.2, -0.15) is 0 Å². The summed E-state index contributed by atoms with van der Waals surface area (Å²) in [5.41, 5.74) is 4.37. The van der Waals surface area contributed by atoms with Crippen molar-refractivity contribution in [1.29, 1.82) is 0 Å². The van der Waals surface area contributed by atoms with Crippen LogP contribution in [0.15, 0.2) is 48.5 Å². The maximum atomic E-state index is 12.5. The summed E-state index contributed by atoms with van der Waals surface area (Å²) < 4.78 is 5.47. The number of aliphatic carboxylic acids is 1. The van der Waals surface area contributed by atoms with Gasteiger partial charge in [-0.25, -0.2) is 9.59 Å². The highest BCUT2D eigenvalue weighted by Crippen LogP contribution is 2.44. The number of alkyl carbamates (subject to hydrolysis) is 1. The second-order valence-corrected chi connectivity index (χ2v) is 7.88. The first-order valence-electron chi connectivity index (χ1n) is 10.2. The minimum atomic E-state index is -1.73. The number of rotatable bonds is 9. The number of hydrogen-bond acceptors (Lipinski definition) is 6. The Bertz CT molecular complexity index is 948. The van der Waals surface area contributed by atoms with Crippen molar-refractivity contribution in [1.82, 2.24) is 15.5 Å². The van der Waals surface area contributed by atoms with Gasteiger partial charge in [-0.05, 0) is 36.3 Å². The first-order valence-corrected chi connectivity index (χ1v) is 10.2. The molecule has 1 aliphatic carbocycles. The number of aliphatic hydroxyl groups is 1. The number of benzene rings is 2. The minimum absolute atomic E-state index is 0.105. The zero-order valence-corrected chi connectivity index (χ0v) is 17.9. The number of carbonyl (C=O) groups excluding carboxylic acids is 2. The topological polar surface area (TPSA) is 128 Å². The molecule has 0 spiro atoms. The predicted octanol–water partition coefficient (Wildman–Crippen LogP) is 1.02. The van der Waals surface area contributed by atoms with Gasteiger partial charge in [-0.1, -0.05) is 48.5 Å². The second-order valence-electron chi connectivity index (χ2n) is 7.88. The van der Waals surface area contributed by atoms with Crippen LogP contribution in [0.5, 0.6) is 0 Å². The molecule has 2 amide bonds. The number of nitrogens with one attached hydrogen (secondary N) is 2. The van der Waals surface area contributed by atoms with Gasteiger partial charge in [0.15, 0.2) is 6.10 Å². The highest BCUT2D eigenvalue weighted by Gasteiger charge is 2.30. The number of carboxylic acid groups (broad SMARTS) is 1. The molecular formula is C23H27N3O6. The summed E-state index contributed by atoms with van der Waals surface area (Å²) in [5.74, 6) is -2.17.